The molecule has 1 aromatic carbocycles. The topological polar surface area (TPSA) is 34.1 Å². The molecule has 0 saturated carbocycles. The van der Waals surface area contributed by atoms with Crippen molar-refractivity contribution in [3.8, 4) is 0 Å². The van der Waals surface area contributed by atoms with Crippen LogP contribution in [0.25, 0.3) is 0 Å². The van der Waals surface area contributed by atoms with Gasteiger partial charge in [-0.25, -0.2) is 0 Å². The molecule has 0 bridgehead atoms. The van der Waals surface area contributed by atoms with Crippen LogP contribution in [0, 0.1) is 11.8 Å². The lowest BCUT2D eigenvalue weighted by Crippen LogP contribution is -2.37. The fraction of sp³-hybridized carbons (Fsp3) is 0.474. The van der Waals surface area contributed by atoms with Gasteiger partial charge in [0.2, 0.25) is 0 Å². The third-order valence-corrected chi connectivity index (χ3v) is 5.32. The molecule has 0 heterocycles. The quantitative estimate of drug-likeness (QED) is 0.756. The Balaban J connectivity index is 2.10. The minimum atomic E-state index is -0.144. The summed E-state index contributed by atoms with van der Waals surface area (Å²) in [6.07, 6.45) is 6.48. The normalized spacial score (nSPS) is 24.7. The van der Waals surface area contributed by atoms with Crippen LogP contribution in [0.4, 0.5) is 0 Å². The highest BCUT2D eigenvalue weighted by Crippen LogP contribution is 2.39. The van der Waals surface area contributed by atoms with E-state index in [1.165, 1.54) is 0 Å². The molecule has 0 radical (unpaired) electrons. The molecule has 1 aromatic rings. The maximum atomic E-state index is 12.8. The number of Topliss-reactive ketones (excluding diaryl/α,β-unsaturated/α-hetero) is 2. The van der Waals surface area contributed by atoms with E-state index in [1.807, 2.05) is 30.4 Å². The van der Waals surface area contributed by atoms with Gasteiger partial charge in [-0.2, -0.15) is 0 Å². The molecule has 3 rings (SSSR count). The van der Waals surface area contributed by atoms with Crippen LogP contribution in [-0.4, -0.2) is 11.6 Å². The zero-order chi connectivity index (χ0) is 15.2. The van der Waals surface area contributed by atoms with Gasteiger partial charge >= 0.3 is 0 Å². The molecule has 0 aliphatic heterocycles. The monoisotopic (exact) mass is 282 g/mol. The molecule has 0 fully saturated rings. The Morgan fingerprint density at radius 1 is 1.00 bits per heavy atom. The van der Waals surface area contributed by atoms with Crippen molar-refractivity contribution in [2.45, 2.75) is 45.4 Å². The summed E-state index contributed by atoms with van der Waals surface area (Å²) < 4.78 is 0. The summed E-state index contributed by atoms with van der Waals surface area (Å²) in [5.74, 6) is 0.0301. The molecule has 0 spiro atoms. The molecule has 0 saturated heterocycles. The van der Waals surface area contributed by atoms with Crippen molar-refractivity contribution in [1.82, 2.24) is 0 Å². The first-order valence-corrected chi connectivity index (χ1v) is 7.83. The van der Waals surface area contributed by atoms with Crippen LogP contribution in [-0.2, 0) is 5.41 Å². The number of hydrogen-bond acceptors (Lipinski definition) is 2. The van der Waals surface area contributed by atoms with Crippen LogP contribution < -0.4 is 0 Å². The van der Waals surface area contributed by atoms with Crippen molar-refractivity contribution in [2.75, 3.05) is 0 Å². The number of benzene rings is 1. The van der Waals surface area contributed by atoms with E-state index in [-0.39, 0.29) is 28.8 Å². The highest BCUT2D eigenvalue weighted by Gasteiger charge is 2.41. The lowest BCUT2D eigenvalue weighted by atomic mass is 9.68. The van der Waals surface area contributed by atoms with E-state index in [2.05, 4.69) is 20.8 Å². The highest BCUT2D eigenvalue weighted by molar-refractivity contribution is 6.16. The van der Waals surface area contributed by atoms with E-state index >= 15 is 0 Å². The van der Waals surface area contributed by atoms with Gasteiger partial charge in [-0.15, -0.1) is 0 Å². The Hall–Kier alpha value is -1.70. The molecule has 110 valence electrons. The average Bonchev–Trinajstić information content (AvgIpc) is 2.52. The molecule has 2 atom stereocenters. The van der Waals surface area contributed by atoms with Crippen molar-refractivity contribution in [2.24, 2.45) is 11.8 Å². The van der Waals surface area contributed by atoms with Crippen LogP contribution in [0.1, 0.15) is 66.3 Å². The first kappa shape index (κ1) is 14.2. The molecule has 2 aliphatic rings. The molecule has 0 N–H and O–H groups in total. The smallest absolute Gasteiger partial charge is 0.167 e. The predicted molar refractivity (Wildman–Crippen MR) is 83.8 cm³/mol. The third kappa shape index (κ3) is 2.17. The molecule has 0 aromatic heterocycles. The van der Waals surface area contributed by atoms with Gasteiger partial charge in [0.25, 0.3) is 0 Å². The second kappa shape index (κ2) is 4.94. The Labute approximate surface area is 126 Å². The van der Waals surface area contributed by atoms with Gasteiger partial charge < -0.3 is 0 Å². The molecular formula is C19H22O2. The van der Waals surface area contributed by atoms with Crippen molar-refractivity contribution >= 4 is 11.6 Å². The fourth-order valence-corrected chi connectivity index (χ4v) is 3.38. The van der Waals surface area contributed by atoms with E-state index in [9.17, 15) is 9.59 Å². The Morgan fingerprint density at radius 3 is 2.14 bits per heavy atom. The number of rotatable bonds is 2. The van der Waals surface area contributed by atoms with Gasteiger partial charge in [0.05, 0.1) is 0 Å². The summed E-state index contributed by atoms with van der Waals surface area (Å²) in [6.45, 7) is 6.50. The molecule has 2 heteroatoms. The predicted octanol–water partition coefficient (Wildman–Crippen LogP) is 4.34. The Kier molecular flexibility index (Phi) is 3.35. The van der Waals surface area contributed by atoms with Gasteiger partial charge in [0.15, 0.2) is 11.6 Å². The van der Waals surface area contributed by atoms with Gasteiger partial charge in [0, 0.05) is 23.0 Å². The molecule has 2 aliphatic carbocycles. The van der Waals surface area contributed by atoms with Gasteiger partial charge in [0.1, 0.15) is 0 Å². The largest absolute Gasteiger partial charge is 0.294 e. The zero-order valence-electron chi connectivity index (χ0n) is 13.0. The minimum absolute atomic E-state index is 0.0294. The Bertz CT molecular complexity index is 637. The number of hydrogen-bond donors (Lipinski definition) is 0. The molecule has 2 nitrogen and oxygen atoms in total. The second-order valence-electron chi connectivity index (χ2n) is 6.88. The molecule has 21 heavy (non-hydrogen) atoms. The summed E-state index contributed by atoms with van der Waals surface area (Å²) in [6, 6.07) is 5.86. The number of allylic oxidation sites excluding steroid dienone is 2. The lowest BCUT2D eigenvalue weighted by molar-refractivity contribution is 0.0729. The highest BCUT2D eigenvalue weighted by atomic mass is 16.1. The number of carbonyl (C=O) groups excluding carboxylic acids is 2. The maximum absolute atomic E-state index is 12.8. The number of ketones is 2. The summed E-state index contributed by atoms with van der Waals surface area (Å²) in [5.41, 5.74) is 2.46. The first-order chi connectivity index (χ1) is 9.95. The van der Waals surface area contributed by atoms with E-state index in [4.69, 9.17) is 0 Å². The van der Waals surface area contributed by atoms with Crippen molar-refractivity contribution in [1.29, 1.82) is 0 Å². The summed E-state index contributed by atoms with van der Waals surface area (Å²) in [5, 5.41) is 0. The standard InChI is InChI=1S/C19H22O2/c1-4-19(2,3)12-9-10-15-16(11-12)18(21)14-8-6-5-7-13(14)17(15)20/h5-6,9-11,13-14H,4,7-8H2,1-3H3. The Morgan fingerprint density at radius 2 is 1.57 bits per heavy atom. The molecule has 0 amide bonds. The lowest BCUT2D eigenvalue weighted by Gasteiger charge is -2.33. The van der Waals surface area contributed by atoms with Gasteiger partial charge in [-0.3, -0.25) is 9.59 Å². The SMILES string of the molecule is CCC(C)(C)c1ccc2c(c1)C(=O)C1CC=CCC1C2=O. The van der Waals surface area contributed by atoms with Crippen molar-refractivity contribution < 1.29 is 9.59 Å². The summed E-state index contributed by atoms with van der Waals surface area (Å²) in [4.78, 5) is 25.4. The van der Waals surface area contributed by atoms with Gasteiger partial charge in [-0.1, -0.05) is 45.1 Å². The minimum Gasteiger partial charge on any atom is -0.294 e. The molecule has 2 unspecified atom stereocenters. The van der Waals surface area contributed by atoms with Crippen LogP contribution in [0.5, 0.6) is 0 Å². The van der Waals surface area contributed by atoms with Crippen molar-refractivity contribution in [3.63, 3.8) is 0 Å². The van der Waals surface area contributed by atoms with E-state index in [0.29, 0.717) is 24.0 Å². The van der Waals surface area contributed by atoms with E-state index in [0.717, 1.165) is 12.0 Å². The fourth-order valence-electron chi connectivity index (χ4n) is 3.38. The van der Waals surface area contributed by atoms with Crippen LogP contribution >= 0.6 is 0 Å². The van der Waals surface area contributed by atoms with Crippen LogP contribution in [0.3, 0.4) is 0 Å². The number of carbonyl (C=O) groups is 2. The second-order valence-corrected chi connectivity index (χ2v) is 6.88. The molecular weight excluding hydrogens is 260 g/mol. The van der Waals surface area contributed by atoms with Crippen LogP contribution in [0.15, 0.2) is 30.4 Å². The summed E-state index contributed by atoms with van der Waals surface area (Å²) in [7, 11) is 0. The average molecular weight is 282 g/mol. The van der Waals surface area contributed by atoms with Crippen LogP contribution in [0.2, 0.25) is 0 Å². The summed E-state index contributed by atoms with van der Waals surface area (Å²) >= 11 is 0. The maximum Gasteiger partial charge on any atom is 0.167 e. The number of fused-ring (bicyclic) bond motifs is 2. The van der Waals surface area contributed by atoms with Gasteiger partial charge in [-0.05, 0) is 36.3 Å². The van der Waals surface area contributed by atoms with E-state index < -0.39 is 0 Å². The zero-order valence-corrected chi connectivity index (χ0v) is 13.0. The first-order valence-electron chi connectivity index (χ1n) is 7.83. The third-order valence-electron chi connectivity index (χ3n) is 5.32. The van der Waals surface area contributed by atoms with Crippen molar-refractivity contribution in [3.05, 3.63) is 47.0 Å². The van der Waals surface area contributed by atoms with E-state index in [1.54, 1.807) is 0 Å².